The molecule has 2 aromatic carbocycles. The number of hydrogen-bond acceptors (Lipinski definition) is 2. The summed E-state index contributed by atoms with van der Waals surface area (Å²) in [6.45, 7) is 2.66. The highest BCUT2D eigenvalue weighted by molar-refractivity contribution is 5.98. The van der Waals surface area contributed by atoms with Crippen LogP contribution in [0.2, 0.25) is 0 Å². The van der Waals surface area contributed by atoms with Crippen molar-refractivity contribution in [1.82, 2.24) is 10.3 Å². The van der Waals surface area contributed by atoms with Gasteiger partial charge in [0.25, 0.3) is 0 Å². The van der Waals surface area contributed by atoms with E-state index in [1.54, 1.807) is 0 Å². The molecule has 1 aliphatic carbocycles. The molecule has 1 saturated carbocycles. The zero-order chi connectivity index (χ0) is 17.2. The van der Waals surface area contributed by atoms with Gasteiger partial charge in [-0.2, -0.15) is 0 Å². The van der Waals surface area contributed by atoms with E-state index < -0.39 is 0 Å². The van der Waals surface area contributed by atoms with Gasteiger partial charge in [0.2, 0.25) is 5.91 Å². The molecule has 1 aliphatic rings. The molecule has 1 amide bonds. The topological polar surface area (TPSA) is 42.0 Å². The van der Waals surface area contributed by atoms with E-state index in [1.807, 2.05) is 12.4 Å². The summed E-state index contributed by atoms with van der Waals surface area (Å²) in [5, 5.41) is 5.37. The Bertz CT molecular complexity index is 911. The van der Waals surface area contributed by atoms with Gasteiger partial charge < -0.3 is 5.32 Å². The largest absolute Gasteiger partial charge is 0.352 e. The predicted molar refractivity (Wildman–Crippen MR) is 101 cm³/mol. The van der Waals surface area contributed by atoms with Crippen molar-refractivity contribution in [2.45, 2.75) is 32.7 Å². The minimum absolute atomic E-state index is 0.186. The van der Waals surface area contributed by atoms with Gasteiger partial charge in [0.1, 0.15) is 0 Å². The summed E-state index contributed by atoms with van der Waals surface area (Å²) in [6, 6.07) is 14.9. The molecule has 4 rings (SSSR count). The summed E-state index contributed by atoms with van der Waals surface area (Å²) in [5.41, 5.74) is 4.77. The number of fused-ring (bicyclic) bond motifs is 1. The summed E-state index contributed by atoms with van der Waals surface area (Å²) >= 11 is 0. The number of nitrogens with zero attached hydrogens (tertiary/aromatic N) is 1. The van der Waals surface area contributed by atoms with Gasteiger partial charge in [-0.25, -0.2) is 0 Å². The summed E-state index contributed by atoms with van der Waals surface area (Å²) in [6.07, 6.45) is 6.96. The Labute approximate surface area is 148 Å². The fourth-order valence-electron chi connectivity index (χ4n) is 3.38. The average Bonchev–Trinajstić information content (AvgIpc) is 2.59. The molecule has 0 atom stereocenters. The number of carbonyl (C=O) groups excluding carboxylic acids is 1. The lowest BCUT2D eigenvalue weighted by Crippen LogP contribution is -2.34. The fraction of sp³-hybridized carbons (Fsp3) is 0.273. The van der Waals surface area contributed by atoms with Gasteiger partial charge >= 0.3 is 0 Å². The van der Waals surface area contributed by atoms with E-state index in [2.05, 4.69) is 59.7 Å². The molecule has 0 unspecified atom stereocenters. The van der Waals surface area contributed by atoms with E-state index in [-0.39, 0.29) is 11.8 Å². The molecule has 1 aromatic heterocycles. The molecule has 0 radical (unpaired) electrons. The van der Waals surface area contributed by atoms with Gasteiger partial charge in [-0.1, -0.05) is 48.4 Å². The van der Waals surface area contributed by atoms with Crippen LogP contribution in [0.5, 0.6) is 0 Å². The van der Waals surface area contributed by atoms with Crippen molar-refractivity contribution in [2.75, 3.05) is 0 Å². The van der Waals surface area contributed by atoms with Crippen molar-refractivity contribution in [3.63, 3.8) is 0 Å². The molecule has 3 heteroatoms. The lowest BCUT2D eigenvalue weighted by Gasteiger charge is -2.24. The molecule has 0 saturated heterocycles. The first kappa shape index (κ1) is 15.8. The number of aryl methyl sites for hydroxylation is 1. The number of hydrogen-bond donors (Lipinski definition) is 1. The summed E-state index contributed by atoms with van der Waals surface area (Å²) < 4.78 is 0. The number of pyridine rings is 1. The second kappa shape index (κ2) is 6.67. The van der Waals surface area contributed by atoms with Crippen LogP contribution in [0, 0.1) is 12.8 Å². The predicted octanol–water partition coefficient (Wildman–Crippen LogP) is 4.63. The number of rotatable bonds is 4. The highest BCUT2D eigenvalue weighted by Gasteiger charge is 2.24. The minimum atomic E-state index is 0.186. The molecule has 1 N–H and O–H groups in total. The Hall–Kier alpha value is -2.68. The van der Waals surface area contributed by atoms with E-state index >= 15 is 0 Å². The van der Waals surface area contributed by atoms with Gasteiger partial charge in [-0.15, -0.1) is 0 Å². The Morgan fingerprint density at radius 3 is 2.60 bits per heavy atom. The molecule has 126 valence electrons. The SMILES string of the molecule is Cc1ccc(-c2ccc(CNC(=O)C3CCC3)c3cnccc23)cc1. The van der Waals surface area contributed by atoms with Gasteiger partial charge in [0.15, 0.2) is 0 Å². The van der Waals surface area contributed by atoms with Crippen LogP contribution in [0.1, 0.15) is 30.4 Å². The van der Waals surface area contributed by atoms with Crippen molar-refractivity contribution < 1.29 is 4.79 Å². The number of aromatic nitrogens is 1. The molecule has 3 aromatic rings. The first-order chi connectivity index (χ1) is 12.2. The van der Waals surface area contributed by atoms with Crippen LogP contribution in [0.25, 0.3) is 21.9 Å². The first-order valence-electron chi connectivity index (χ1n) is 8.93. The molecule has 3 nitrogen and oxygen atoms in total. The van der Waals surface area contributed by atoms with Crippen LogP contribution < -0.4 is 5.32 Å². The normalized spacial score (nSPS) is 14.3. The highest BCUT2D eigenvalue weighted by Crippen LogP contribution is 2.31. The minimum Gasteiger partial charge on any atom is -0.352 e. The average molecular weight is 330 g/mol. The molecule has 0 spiro atoms. The Balaban J connectivity index is 1.66. The standard InChI is InChI=1S/C22H22N2O/c1-15-5-7-16(8-6-15)19-10-9-18(21-14-23-12-11-20(19)21)13-24-22(25)17-3-2-4-17/h5-12,14,17H,2-4,13H2,1H3,(H,24,25). The lowest BCUT2D eigenvalue weighted by molar-refractivity contribution is -0.127. The third-order valence-corrected chi connectivity index (χ3v) is 5.20. The van der Waals surface area contributed by atoms with Gasteiger partial charge in [0, 0.05) is 30.2 Å². The molecule has 0 aliphatic heterocycles. The maximum atomic E-state index is 12.1. The number of amides is 1. The van der Waals surface area contributed by atoms with E-state index in [1.165, 1.54) is 28.5 Å². The molecule has 1 heterocycles. The Morgan fingerprint density at radius 1 is 1.08 bits per heavy atom. The summed E-state index contributed by atoms with van der Waals surface area (Å²) in [4.78, 5) is 16.4. The van der Waals surface area contributed by atoms with E-state index in [0.717, 1.165) is 23.8 Å². The zero-order valence-corrected chi connectivity index (χ0v) is 14.5. The first-order valence-corrected chi connectivity index (χ1v) is 8.93. The molecule has 1 fully saturated rings. The van der Waals surface area contributed by atoms with Gasteiger partial charge in [0.05, 0.1) is 0 Å². The summed E-state index contributed by atoms with van der Waals surface area (Å²) in [7, 11) is 0. The van der Waals surface area contributed by atoms with Crippen LogP contribution in [-0.4, -0.2) is 10.9 Å². The van der Waals surface area contributed by atoms with Crippen molar-refractivity contribution in [3.8, 4) is 11.1 Å². The smallest absolute Gasteiger partial charge is 0.223 e. The van der Waals surface area contributed by atoms with Crippen molar-refractivity contribution >= 4 is 16.7 Å². The Morgan fingerprint density at radius 2 is 1.88 bits per heavy atom. The second-order valence-corrected chi connectivity index (χ2v) is 6.91. The zero-order valence-electron chi connectivity index (χ0n) is 14.5. The third kappa shape index (κ3) is 3.14. The fourth-order valence-corrected chi connectivity index (χ4v) is 3.38. The van der Waals surface area contributed by atoms with E-state index in [9.17, 15) is 4.79 Å². The molecule has 25 heavy (non-hydrogen) atoms. The lowest BCUT2D eigenvalue weighted by atomic mass is 9.85. The van der Waals surface area contributed by atoms with Crippen LogP contribution in [0.3, 0.4) is 0 Å². The number of nitrogens with one attached hydrogen (secondary N) is 1. The van der Waals surface area contributed by atoms with Gasteiger partial charge in [-0.05, 0) is 47.9 Å². The quantitative estimate of drug-likeness (QED) is 0.758. The van der Waals surface area contributed by atoms with Crippen LogP contribution >= 0.6 is 0 Å². The Kier molecular flexibility index (Phi) is 4.22. The van der Waals surface area contributed by atoms with Crippen molar-refractivity contribution in [3.05, 3.63) is 66.0 Å². The van der Waals surface area contributed by atoms with E-state index in [0.29, 0.717) is 6.54 Å². The molecule has 0 bridgehead atoms. The van der Waals surface area contributed by atoms with Crippen LogP contribution in [0.4, 0.5) is 0 Å². The van der Waals surface area contributed by atoms with Crippen molar-refractivity contribution in [1.29, 1.82) is 0 Å². The monoisotopic (exact) mass is 330 g/mol. The molecular formula is C22H22N2O. The summed E-state index contributed by atoms with van der Waals surface area (Å²) in [5.74, 6) is 0.405. The second-order valence-electron chi connectivity index (χ2n) is 6.91. The van der Waals surface area contributed by atoms with Crippen LogP contribution in [-0.2, 0) is 11.3 Å². The van der Waals surface area contributed by atoms with E-state index in [4.69, 9.17) is 0 Å². The highest BCUT2D eigenvalue weighted by atomic mass is 16.1. The van der Waals surface area contributed by atoms with Crippen LogP contribution in [0.15, 0.2) is 54.9 Å². The number of carbonyl (C=O) groups is 1. The maximum absolute atomic E-state index is 12.1. The third-order valence-electron chi connectivity index (χ3n) is 5.20. The van der Waals surface area contributed by atoms with Crippen molar-refractivity contribution in [2.24, 2.45) is 5.92 Å². The maximum Gasteiger partial charge on any atom is 0.223 e. The molecular weight excluding hydrogens is 308 g/mol. The van der Waals surface area contributed by atoms with Gasteiger partial charge in [-0.3, -0.25) is 9.78 Å². The number of benzene rings is 2.